The first kappa shape index (κ1) is 23.8. The lowest BCUT2D eigenvalue weighted by atomic mass is 9.91. The highest BCUT2D eigenvalue weighted by atomic mass is 79.9. The molecule has 6 nitrogen and oxygen atoms in total. The average molecular weight is 597 g/mol. The molecule has 0 spiro atoms. The second-order valence-electron chi connectivity index (χ2n) is 8.12. The van der Waals surface area contributed by atoms with Crippen molar-refractivity contribution in [3.8, 4) is 0 Å². The minimum absolute atomic E-state index is 0.316. The topological polar surface area (TPSA) is 57.2 Å². The Balaban J connectivity index is 1.57. The molecule has 1 fully saturated rings. The molecule has 0 radical (unpaired) electrons. The lowest BCUT2D eigenvalue weighted by Crippen LogP contribution is -2.51. The summed E-state index contributed by atoms with van der Waals surface area (Å²) in [6.07, 6.45) is -0.904. The van der Waals surface area contributed by atoms with Crippen molar-refractivity contribution in [1.82, 2.24) is 0 Å². The van der Waals surface area contributed by atoms with Gasteiger partial charge in [0.05, 0.1) is 23.6 Å². The zero-order chi connectivity index (χ0) is 24.3. The number of hydroxylamine groups is 2. The van der Waals surface area contributed by atoms with Gasteiger partial charge in [0.15, 0.2) is 5.60 Å². The number of hydrogen-bond acceptors (Lipinski definition) is 6. The van der Waals surface area contributed by atoms with Crippen molar-refractivity contribution in [2.45, 2.75) is 11.8 Å². The van der Waals surface area contributed by atoms with E-state index < -0.39 is 11.8 Å². The molecule has 1 aliphatic rings. The second-order valence-corrected chi connectivity index (χ2v) is 9.95. The van der Waals surface area contributed by atoms with Crippen LogP contribution in [-0.4, -0.2) is 18.0 Å². The van der Waals surface area contributed by atoms with E-state index in [4.69, 9.17) is 9.68 Å². The number of nitrogens with zero attached hydrogens (tertiary/aromatic N) is 2. The van der Waals surface area contributed by atoms with Crippen LogP contribution in [0, 0.1) is 0 Å². The van der Waals surface area contributed by atoms with Gasteiger partial charge in [-0.1, -0.05) is 80.4 Å². The molecule has 1 aliphatic heterocycles. The van der Waals surface area contributed by atoms with E-state index in [-0.39, 0.29) is 0 Å². The first-order valence-corrected chi connectivity index (χ1v) is 12.6. The zero-order valence-electron chi connectivity index (χ0n) is 18.6. The van der Waals surface area contributed by atoms with Crippen LogP contribution in [-0.2, 0) is 15.3 Å². The van der Waals surface area contributed by atoms with E-state index in [2.05, 4.69) is 37.3 Å². The Morgan fingerprint density at radius 3 is 2.03 bits per heavy atom. The molecule has 0 bridgehead atoms. The standard InChI is InChI=1S/C27H23Br2N3O3/c28-21-11-15-23(16-12-21)30-35-27(20-7-3-1-4-8-20)19-31(24-17-13-22(29)14-18-24)34-26(27)32(33)25-9-5-2-6-10-25/h1-18,26,30,33H,19H2/t26-,27+/m0/s1. The molecule has 8 heteroatoms. The fraction of sp³-hybridized carbons (Fsp3) is 0.111. The Bertz CT molecular complexity index is 1240. The molecule has 2 atom stereocenters. The van der Waals surface area contributed by atoms with Crippen LogP contribution >= 0.6 is 31.9 Å². The van der Waals surface area contributed by atoms with E-state index in [1.54, 1.807) is 5.06 Å². The van der Waals surface area contributed by atoms with Gasteiger partial charge >= 0.3 is 0 Å². The van der Waals surface area contributed by atoms with Crippen molar-refractivity contribution in [3.05, 3.63) is 124 Å². The van der Waals surface area contributed by atoms with Gasteiger partial charge in [0, 0.05) is 8.95 Å². The maximum atomic E-state index is 11.4. The molecule has 4 aromatic rings. The van der Waals surface area contributed by atoms with E-state index in [0.29, 0.717) is 12.2 Å². The molecular formula is C27H23Br2N3O3. The number of benzene rings is 4. The van der Waals surface area contributed by atoms with Crippen molar-refractivity contribution < 1.29 is 14.9 Å². The molecule has 0 saturated carbocycles. The SMILES string of the molecule is ON(c1ccccc1)[C@H]1ON(c2ccc(Br)cc2)C[C@@]1(ONc1ccc(Br)cc1)c1ccccc1. The maximum absolute atomic E-state index is 11.4. The minimum atomic E-state index is -1.11. The molecule has 1 heterocycles. The van der Waals surface area contributed by atoms with Gasteiger partial charge in [-0.05, 0) is 66.2 Å². The molecule has 35 heavy (non-hydrogen) atoms. The lowest BCUT2D eigenvalue weighted by molar-refractivity contribution is -0.101. The summed E-state index contributed by atoms with van der Waals surface area (Å²) in [7, 11) is 0. The second kappa shape index (κ2) is 10.4. The smallest absolute Gasteiger partial charge is 0.218 e. The van der Waals surface area contributed by atoms with Crippen molar-refractivity contribution in [2.24, 2.45) is 0 Å². The third kappa shape index (κ3) is 5.07. The normalized spacial score (nSPS) is 19.5. The fourth-order valence-corrected chi connectivity index (χ4v) is 4.54. The number of halogens is 2. The third-order valence-electron chi connectivity index (χ3n) is 5.82. The van der Waals surface area contributed by atoms with Gasteiger partial charge in [-0.15, -0.1) is 0 Å². The summed E-state index contributed by atoms with van der Waals surface area (Å²) in [5, 5.41) is 14.3. The van der Waals surface area contributed by atoms with Crippen LogP contribution in [0.15, 0.2) is 118 Å². The lowest BCUT2D eigenvalue weighted by Gasteiger charge is -2.36. The molecule has 0 aromatic heterocycles. The molecule has 5 rings (SSSR count). The van der Waals surface area contributed by atoms with Crippen LogP contribution in [0.4, 0.5) is 17.1 Å². The summed E-state index contributed by atoms with van der Waals surface area (Å²) >= 11 is 6.95. The van der Waals surface area contributed by atoms with Gasteiger partial charge < -0.3 is 0 Å². The van der Waals surface area contributed by atoms with Crippen LogP contribution in [0.25, 0.3) is 0 Å². The molecule has 178 valence electrons. The summed E-state index contributed by atoms with van der Waals surface area (Å²) in [6, 6.07) is 34.6. The van der Waals surface area contributed by atoms with E-state index >= 15 is 0 Å². The third-order valence-corrected chi connectivity index (χ3v) is 6.88. The van der Waals surface area contributed by atoms with E-state index in [1.807, 2.05) is 109 Å². The highest BCUT2D eigenvalue weighted by Gasteiger charge is 2.55. The summed E-state index contributed by atoms with van der Waals surface area (Å²) in [5.41, 5.74) is 5.04. The van der Waals surface area contributed by atoms with Crippen molar-refractivity contribution in [3.63, 3.8) is 0 Å². The average Bonchev–Trinajstić information content (AvgIpc) is 3.30. The Hall–Kier alpha value is -2.88. The number of rotatable bonds is 7. The highest BCUT2D eigenvalue weighted by Crippen LogP contribution is 2.43. The van der Waals surface area contributed by atoms with Crippen LogP contribution in [0.2, 0.25) is 0 Å². The monoisotopic (exact) mass is 595 g/mol. The van der Waals surface area contributed by atoms with E-state index in [0.717, 1.165) is 30.9 Å². The predicted molar refractivity (Wildman–Crippen MR) is 144 cm³/mol. The van der Waals surface area contributed by atoms with Crippen molar-refractivity contribution in [2.75, 3.05) is 22.2 Å². The van der Waals surface area contributed by atoms with Crippen LogP contribution < -0.4 is 15.6 Å². The molecular weight excluding hydrogens is 574 g/mol. The van der Waals surface area contributed by atoms with Gasteiger partial charge in [0.25, 0.3) is 0 Å². The van der Waals surface area contributed by atoms with Gasteiger partial charge in [-0.25, -0.2) is 15.0 Å². The summed E-state index contributed by atoms with van der Waals surface area (Å²) in [4.78, 5) is 12.9. The van der Waals surface area contributed by atoms with E-state index in [1.165, 1.54) is 0 Å². The molecule has 0 amide bonds. The van der Waals surface area contributed by atoms with Crippen LogP contribution in [0.5, 0.6) is 0 Å². The van der Waals surface area contributed by atoms with Gasteiger partial charge in [-0.2, -0.15) is 0 Å². The maximum Gasteiger partial charge on any atom is 0.218 e. The van der Waals surface area contributed by atoms with Crippen LogP contribution in [0.1, 0.15) is 5.56 Å². The molecule has 2 N–H and O–H groups in total. The van der Waals surface area contributed by atoms with Gasteiger partial charge in [0.2, 0.25) is 6.23 Å². The molecule has 0 unspecified atom stereocenters. The quantitative estimate of drug-likeness (QED) is 0.221. The van der Waals surface area contributed by atoms with Crippen LogP contribution in [0.3, 0.4) is 0 Å². The van der Waals surface area contributed by atoms with Gasteiger partial charge in [-0.3, -0.25) is 15.5 Å². The minimum Gasteiger partial charge on any atom is -0.286 e. The van der Waals surface area contributed by atoms with E-state index in [9.17, 15) is 5.21 Å². The number of nitrogens with one attached hydrogen (secondary N) is 1. The highest BCUT2D eigenvalue weighted by molar-refractivity contribution is 9.10. The zero-order valence-corrected chi connectivity index (χ0v) is 21.8. The Kier molecular flexibility index (Phi) is 7.08. The Morgan fingerprint density at radius 1 is 0.829 bits per heavy atom. The Morgan fingerprint density at radius 2 is 1.40 bits per heavy atom. The number of para-hydroxylation sites is 1. The number of anilines is 3. The molecule has 0 aliphatic carbocycles. The first-order valence-electron chi connectivity index (χ1n) is 11.0. The Labute approximate surface area is 220 Å². The largest absolute Gasteiger partial charge is 0.286 e. The number of hydrogen-bond donors (Lipinski definition) is 2. The summed E-state index contributed by atoms with van der Waals surface area (Å²) < 4.78 is 1.93. The fourth-order valence-electron chi connectivity index (χ4n) is 4.02. The first-order chi connectivity index (χ1) is 17.0. The van der Waals surface area contributed by atoms with Crippen molar-refractivity contribution in [1.29, 1.82) is 0 Å². The molecule has 1 saturated heterocycles. The summed E-state index contributed by atoms with van der Waals surface area (Å²) in [5.74, 6) is 0. The van der Waals surface area contributed by atoms with Crippen molar-refractivity contribution >= 4 is 48.9 Å². The summed E-state index contributed by atoms with van der Waals surface area (Å²) in [6.45, 7) is 0.316. The molecule has 4 aromatic carbocycles. The predicted octanol–water partition coefficient (Wildman–Crippen LogP) is 7.12. The van der Waals surface area contributed by atoms with Gasteiger partial charge in [0.1, 0.15) is 0 Å².